The molecule has 0 aromatic heterocycles. The van der Waals surface area contributed by atoms with Gasteiger partial charge in [-0.1, -0.05) is 25.1 Å². The van der Waals surface area contributed by atoms with E-state index >= 15 is 0 Å². The van der Waals surface area contributed by atoms with Crippen molar-refractivity contribution >= 4 is 68.6 Å². The van der Waals surface area contributed by atoms with Crippen molar-refractivity contribution < 1.29 is 137 Å². The first-order valence-corrected chi connectivity index (χ1v) is 13.2. The van der Waals surface area contributed by atoms with E-state index < -0.39 is 51.0 Å². The van der Waals surface area contributed by atoms with Crippen molar-refractivity contribution in [1.29, 1.82) is 0 Å². The van der Waals surface area contributed by atoms with Crippen molar-refractivity contribution in [3.05, 3.63) is 36.4 Å². The quantitative estimate of drug-likeness (QED) is 0.0715. The van der Waals surface area contributed by atoms with Gasteiger partial charge in [0.2, 0.25) is 0 Å². The third kappa shape index (κ3) is 6.13. The van der Waals surface area contributed by atoms with E-state index in [9.17, 15) is 43.7 Å². The minimum Gasteiger partial charge on any atom is -0.744 e. The topological polar surface area (TPSA) is 198 Å². The fraction of sp³-hybridized carbons (Fsp3) is 0.105. The number of carbonyl (C=O) groups excluding carboxylic acids is 1. The second-order valence-corrected chi connectivity index (χ2v) is 11.1. The van der Waals surface area contributed by atoms with E-state index in [1.807, 2.05) is 0 Å². The molecule has 4 aromatic carbocycles. The average Bonchev–Trinajstić information content (AvgIpc) is 2.69. The number of esters is 1. The molecule has 0 saturated heterocycles. The Hall–Kier alpha value is 0.120. The largest absolute Gasteiger partial charge is 1.00 e. The zero-order valence-electron chi connectivity index (χ0n) is 19.4. The molecular weight excluding hydrogens is 569 g/mol. The fourth-order valence-electron chi connectivity index (χ4n) is 3.77. The van der Waals surface area contributed by atoms with Gasteiger partial charge in [-0.25, -0.2) is 25.3 Å². The summed E-state index contributed by atoms with van der Waals surface area (Å²) in [7, 11) is -15.8. The van der Waals surface area contributed by atoms with Crippen molar-refractivity contribution in [2.24, 2.45) is 0 Å². The molecule has 4 rings (SSSR count). The summed E-state index contributed by atoms with van der Waals surface area (Å²) in [5, 5.41) is -1.28. The number of hydrogen-bond acceptors (Lipinski definition) is 11. The molecule has 17 heteroatoms. The summed E-state index contributed by atoms with van der Waals surface area (Å²) < 4.78 is 112. The first-order chi connectivity index (χ1) is 15.1. The van der Waals surface area contributed by atoms with Crippen LogP contribution in [0, 0.1) is 0 Å². The summed E-state index contributed by atoms with van der Waals surface area (Å²) >= 11 is 0. The molecule has 0 amide bonds. The molecule has 0 unspecified atom stereocenters. The number of ether oxygens (including phenoxy) is 1. The SMILES string of the molecule is CCC(=O)Oc1cc(S(=O)(=O)[O-])c2ccc3c(S(=O)(=O)[O-])cc(S(=O)(=O)[O-])c4ccc1c2c43.[Na+].[Na+].[Na+]. The molecule has 0 N–H and O–H groups in total. The molecule has 174 valence electrons. The first kappa shape index (κ1) is 34.1. The normalized spacial score (nSPS) is 12.1. The monoisotopic (exact) mass is 580 g/mol. The third-order valence-electron chi connectivity index (χ3n) is 5.07. The molecule has 0 spiro atoms. The molecule has 0 aliphatic rings. The Bertz CT molecular complexity index is 1770. The fourth-order valence-corrected chi connectivity index (χ4v) is 5.93. The Kier molecular flexibility index (Phi) is 11.1. The van der Waals surface area contributed by atoms with Crippen molar-refractivity contribution in [2.75, 3.05) is 0 Å². The molecule has 0 radical (unpaired) electrons. The van der Waals surface area contributed by atoms with Gasteiger partial charge in [0.25, 0.3) is 0 Å². The van der Waals surface area contributed by atoms with Crippen LogP contribution in [0.3, 0.4) is 0 Å². The van der Waals surface area contributed by atoms with Crippen LogP contribution in [0.15, 0.2) is 51.1 Å². The second-order valence-electron chi connectivity index (χ2n) is 7.01. The summed E-state index contributed by atoms with van der Waals surface area (Å²) in [6.45, 7) is 1.46. The summed E-state index contributed by atoms with van der Waals surface area (Å²) in [6.07, 6.45) is -0.113. The molecule has 0 atom stereocenters. The molecule has 0 bridgehead atoms. The smallest absolute Gasteiger partial charge is 0.744 e. The number of carbonyl (C=O) groups is 1. The van der Waals surface area contributed by atoms with Gasteiger partial charge >= 0.3 is 94.6 Å². The van der Waals surface area contributed by atoms with E-state index in [1.165, 1.54) is 13.0 Å². The van der Waals surface area contributed by atoms with Crippen molar-refractivity contribution in [1.82, 2.24) is 0 Å². The van der Waals surface area contributed by atoms with Crippen LogP contribution in [0.25, 0.3) is 32.3 Å². The molecule has 11 nitrogen and oxygen atoms in total. The van der Waals surface area contributed by atoms with Gasteiger partial charge in [0.05, 0.1) is 14.7 Å². The first-order valence-electron chi connectivity index (χ1n) is 9.01. The van der Waals surface area contributed by atoms with Crippen LogP contribution >= 0.6 is 0 Å². The van der Waals surface area contributed by atoms with Gasteiger partial charge in [0.15, 0.2) is 0 Å². The Labute approximate surface area is 272 Å². The van der Waals surface area contributed by atoms with Gasteiger partial charge in [0.1, 0.15) is 36.1 Å². The summed E-state index contributed by atoms with van der Waals surface area (Å²) in [5.41, 5.74) is 0. The van der Waals surface area contributed by atoms with E-state index in [2.05, 4.69) is 0 Å². The maximum atomic E-state index is 12.0. The second kappa shape index (κ2) is 11.7. The van der Waals surface area contributed by atoms with Gasteiger partial charge in [-0.15, -0.1) is 0 Å². The average molecular weight is 580 g/mol. The van der Waals surface area contributed by atoms with Gasteiger partial charge in [0, 0.05) is 38.7 Å². The maximum absolute atomic E-state index is 12.0. The van der Waals surface area contributed by atoms with E-state index in [0.29, 0.717) is 6.07 Å². The predicted molar refractivity (Wildman–Crippen MR) is 110 cm³/mol. The van der Waals surface area contributed by atoms with E-state index in [4.69, 9.17) is 4.74 Å². The van der Waals surface area contributed by atoms with E-state index in [0.717, 1.165) is 24.3 Å². The van der Waals surface area contributed by atoms with Crippen LogP contribution in [-0.2, 0) is 35.1 Å². The van der Waals surface area contributed by atoms with Crippen molar-refractivity contribution in [3.8, 4) is 5.75 Å². The van der Waals surface area contributed by atoms with Crippen LogP contribution in [0.1, 0.15) is 13.3 Å². The number of rotatable bonds is 5. The molecule has 4 aromatic rings. The Morgan fingerprint density at radius 2 is 1.00 bits per heavy atom. The van der Waals surface area contributed by atoms with Crippen molar-refractivity contribution in [3.63, 3.8) is 0 Å². The Morgan fingerprint density at radius 1 is 0.667 bits per heavy atom. The molecule has 36 heavy (non-hydrogen) atoms. The maximum Gasteiger partial charge on any atom is 1.00 e. The molecule has 0 aliphatic carbocycles. The van der Waals surface area contributed by atoms with Gasteiger partial charge in [-0.2, -0.15) is 0 Å². The van der Waals surface area contributed by atoms with E-state index in [-0.39, 0.29) is 133 Å². The molecule has 0 heterocycles. The molecule has 0 aliphatic heterocycles. The standard InChI is InChI=1S/C19H14O11S3.3Na/c1-2-17(20)30-13-7-14(31(21,22)23)10-5-6-12-16(33(27,28)29)8-15(32(24,25)26)11-4-3-9(13)18(10)19(11)12;;;/h3-8H,2H2,1H3,(H,21,22,23)(H,24,25,26)(H,27,28,29);;;/q;3*+1/p-3. The van der Waals surface area contributed by atoms with Crippen LogP contribution in [0.2, 0.25) is 0 Å². The molecule has 0 fully saturated rings. The zero-order chi connectivity index (χ0) is 24.5. The molecular formula is C19H11Na3O11S3. The Balaban J connectivity index is 0.00000216. The third-order valence-corrected chi connectivity index (χ3v) is 7.70. The Morgan fingerprint density at radius 3 is 1.36 bits per heavy atom. The zero-order valence-corrected chi connectivity index (χ0v) is 27.8. The molecule has 0 saturated carbocycles. The van der Waals surface area contributed by atoms with Crippen LogP contribution in [-0.4, -0.2) is 44.9 Å². The number of hydrogen-bond donors (Lipinski definition) is 0. The summed E-state index contributed by atoms with van der Waals surface area (Å²) in [5.74, 6) is -1.15. The van der Waals surface area contributed by atoms with Crippen LogP contribution < -0.4 is 93.4 Å². The minimum atomic E-state index is -5.30. The van der Waals surface area contributed by atoms with Gasteiger partial charge < -0.3 is 18.4 Å². The van der Waals surface area contributed by atoms with Gasteiger partial charge in [-0.3, -0.25) is 4.79 Å². The van der Waals surface area contributed by atoms with Crippen LogP contribution in [0.4, 0.5) is 0 Å². The predicted octanol–water partition coefficient (Wildman–Crippen LogP) is -7.38. The minimum absolute atomic E-state index is 0. The summed E-state index contributed by atoms with van der Waals surface area (Å²) in [6, 6.07) is 5.72. The van der Waals surface area contributed by atoms with E-state index in [1.54, 1.807) is 0 Å². The van der Waals surface area contributed by atoms with Crippen molar-refractivity contribution in [2.45, 2.75) is 28.0 Å². The summed E-state index contributed by atoms with van der Waals surface area (Å²) in [4.78, 5) is 9.00. The number of benzene rings is 4. The van der Waals surface area contributed by atoms with Crippen LogP contribution in [0.5, 0.6) is 5.75 Å². The van der Waals surface area contributed by atoms with Gasteiger partial charge in [-0.05, 0) is 18.2 Å².